The molecule has 1 amide bonds. The van der Waals surface area contributed by atoms with Gasteiger partial charge in [-0.2, -0.15) is 0 Å². The van der Waals surface area contributed by atoms with Gasteiger partial charge in [-0.05, 0) is 32.2 Å². The van der Waals surface area contributed by atoms with E-state index >= 15 is 0 Å². The molecular formula is C12H25ClN2O3S. The fourth-order valence-corrected chi connectivity index (χ4v) is 3.64. The molecule has 1 aliphatic carbocycles. The third-order valence-electron chi connectivity index (χ3n) is 3.63. The highest BCUT2D eigenvalue weighted by Gasteiger charge is 2.32. The van der Waals surface area contributed by atoms with Crippen LogP contribution in [0.25, 0.3) is 0 Å². The Kier molecular flexibility index (Phi) is 7.93. The van der Waals surface area contributed by atoms with Crippen molar-refractivity contribution in [2.75, 3.05) is 18.1 Å². The van der Waals surface area contributed by atoms with Crippen LogP contribution in [-0.4, -0.2) is 38.4 Å². The molecule has 7 heteroatoms. The lowest BCUT2D eigenvalue weighted by Gasteiger charge is -2.20. The molecule has 1 saturated carbocycles. The summed E-state index contributed by atoms with van der Waals surface area (Å²) in [6, 6.07) is -0.332. The molecule has 114 valence electrons. The first-order valence-corrected chi connectivity index (χ1v) is 8.42. The number of carbonyl (C=O) groups is 1. The van der Waals surface area contributed by atoms with Gasteiger partial charge in [0.25, 0.3) is 0 Å². The number of carbonyl (C=O) groups excluding carboxylic acids is 1. The van der Waals surface area contributed by atoms with E-state index < -0.39 is 9.84 Å². The zero-order valence-electron chi connectivity index (χ0n) is 11.6. The normalized spacial score (nSPS) is 24.6. The van der Waals surface area contributed by atoms with Gasteiger partial charge >= 0.3 is 0 Å². The van der Waals surface area contributed by atoms with Crippen molar-refractivity contribution in [1.82, 2.24) is 5.32 Å². The van der Waals surface area contributed by atoms with Crippen molar-refractivity contribution in [3.05, 3.63) is 0 Å². The maximum Gasteiger partial charge on any atom is 0.223 e. The van der Waals surface area contributed by atoms with Gasteiger partial charge in [-0.25, -0.2) is 8.42 Å². The summed E-state index contributed by atoms with van der Waals surface area (Å²) in [6.07, 6.45) is 2.89. The smallest absolute Gasteiger partial charge is 0.223 e. The van der Waals surface area contributed by atoms with Crippen LogP contribution in [0.1, 0.15) is 33.1 Å². The van der Waals surface area contributed by atoms with Crippen LogP contribution in [0.2, 0.25) is 0 Å². The summed E-state index contributed by atoms with van der Waals surface area (Å²) < 4.78 is 22.9. The lowest BCUT2D eigenvalue weighted by molar-refractivity contribution is -0.126. The van der Waals surface area contributed by atoms with Crippen LogP contribution in [0.15, 0.2) is 0 Å². The van der Waals surface area contributed by atoms with Gasteiger partial charge in [0.1, 0.15) is 0 Å². The van der Waals surface area contributed by atoms with Gasteiger partial charge in [0.2, 0.25) is 5.91 Å². The number of hydrogen-bond acceptors (Lipinski definition) is 4. The standard InChI is InChI=1S/C12H24N2O3S.ClH/c1-3-18(16,17)8-9(2)14-12(15)11-6-4-5-10(11)7-13;/h9-11H,3-8,13H2,1-2H3,(H,14,15);1H/t9?,10-,11-;/m1./s1. The maximum atomic E-state index is 12.0. The Morgan fingerprint density at radius 2 is 2.05 bits per heavy atom. The van der Waals surface area contributed by atoms with E-state index in [-0.39, 0.29) is 47.7 Å². The molecule has 0 bridgehead atoms. The van der Waals surface area contributed by atoms with Gasteiger partial charge in [-0.15, -0.1) is 12.4 Å². The van der Waals surface area contributed by atoms with Crippen molar-refractivity contribution in [2.24, 2.45) is 17.6 Å². The fourth-order valence-electron chi connectivity index (χ4n) is 2.55. The van der Waals surface area contributed by atoms with Crippen LogP contribution in [0.4, 0.5) is 0 Å². The molecule has 1 rings (SSSR count). The largest absolute Gasteiger partial charge is 0.352 e. The van der Waals surface area contributed by atoms with E-state index in [0.29, 0.717) is 6.54 Å². The molecule has 0 aromatic carbocycles. The quantitative estimate of drug-likeness (QED) is 0.756. The first kappa shape index (κ1) is 18.7. The number of nitrogens with one attached hydrogen (secondary N) is 1. The Morgan fingerprint density at radius 3 is 2.58 bits per heavy atom. The SMILES string of the molecule is CCS(=O)(=O)CC(C)NC(=O)[C@@H]1CCC[C@@H]1CN.Cl. The van der Waals surface area contributed by atoms with Gasteiger partial charge in [0.05, 0.1) is 5.75 Å². The van der Waals surface area contributed by atoms with Crippen LogP contribution in [0.3, 0.4) is 0 Å². The molecular weight excluding hydrogens is 288 g/mol. The van der Waals surface area contributed by atoms with Crippen molar-refractivity contribution in [3.8, 4) is 0 Å². The van der Waals surface area contributed by atoms with Crippen molar-refractivity contribution < 1.29 is 13.2 Å². The topological polar surface area (TPSA) is 89.3 Å². The average molecular weight is 313 g/mol. The molecule has 1 unspecified atom stereocenters. The molecule has 0 aromatic heterocycles. The van der Waals surface area contributed by atoms with E-state index in [1.165, 1.54) is 0 Å². The number of amides is 1. The molecule has 1 fully saturated rings. The lowest BCUT2D eigenvalue weighted by Crippen LogP contribution is -2.42. The van der Waals surface area contributed by atoms with Crippen LogP contribution in [0.5, 0.6) is 0 Å². The van der Waals surface area contributed by atoms with Gasteiger partial charge < -0.3 is 11.1 Å². The first-order valence-electron chi connectivity index (χ1n) is 6.60. The number of halogens is 1. The fraction of sp³-hybridized carbons (Fsp3) is 0.917. The average Bonchev–Trinajstić information content (AvgIpc) is 2.76. The van der Waals surface area contributed by atoms with Crippen molar-refractivity contribution in [3.63, 3.8) is 0 Å². The molecule has 0 aromatic rings. The monoisotopic (exact) mass is 312 g/mol. The third kappa shape index (κ3) is 5.67. The maximum absolute atomic E-state index is 12.0. The van der Waals surface area contributed by atoms with E-state index in [0.717, 1.165) is 19.3 Å². The molecule has 19 heavy (non-hydrogen) atoms. The van der Waals surface area contributed by atoms with E-state index in [1.54, 1.807) is 13.8 Å². The second-order valence-electron chi connectivity index (χ2n) is 5.14. The van der Waals surface area contributed by atoms with Crippen LogP contribution >= 0.6 is 12.4 Å². The number of rotatable bonds is 6. The Morgan fingerprint density at radius 1 is 1.42 bits per heavy atom. The number of hydrogen-bond donors (Lipinski definition) is 2. The predicted octanol–water partition coefficient (Wildman–Crippen LogP) is 0.723. The molecule has 0 radical (unpaired) electrons. The third-order valence-corrected chi connectivity index (χ3v) is 5.52. The molecule has 3 atom stereocenters. The van der Waals surface area contributed by atoms with Crippen LogP contribution in [0, 0.1) is 11.8 Å². The minimum absolute atomic E-state index is 0. The Labute approximate surface area is 122 Å². The Hall–Kier alpha value is -0.330. The summed E-state index contributed by atoms with van der Waals surface area (Å²) in [5.41, 5.74) is 5.64. The highest BCUT2D eigenvalue weighted by atomic mass is 35.5. The van der Waals surface area contributed by atoms with Crippen molar-refractivity contribution in [1.29, 1.82) is 0 Å². The summed E-state index contributed by atoms with van der Waals surface area (Å²) in [5, 5.41) is 2.80. The van der Waals surface area contributed by atoms with E-state index in [4.69, 9.17) is 5.73 Å². The molecule has 0 heterocycles. The van der Waals surface area contributed by atoms with Crippen LogP contribution in [-0.2, 0) is 14.6 Å². The molecule has 3 N–H and O–H groups in total. The van der Waals surface area contributed by atoms with Gasteiger partial charge in [-0.1, -0.05) is 13.3 Å². The minimum atomic E-state index is -3.05. The molecule has 0 spiro atoms. The molecule has 1 aliphatic rings. The summed E-state index contributed by atoms with van der Waals surface area (Å²) in [6.45, 7) is 3.88. The Bertz CT molecular complexity index is 386. The molecule has 5 nitrogen and oxygen atoms in total. The van der Waals surface area contributed by atoms with Crippen molar-refractivity contribution >= 4 is 28.2 Å². The number of nitrogens with two attached hydrogens (primary N) is 1. The summed E-state index contributed by atoms with van der Waals surface area (Å²) in [7, 11) is -3.05. The molecule has 0 aliphatic heterocycles. The minimum Gasteiger partial charge on any atom is -0.352 e. The highest BCUT2D eigenvalue weighted by molar-refractivity contribution is 7.91. The van der Waals surface area contributed by atoms with Gasteiger partial charge in [0, 0.05) is 17.7 Å². The first-order chi connectivity index (χ1) is 8.39. The zero-order chi connectivity index (χ0) is 13.8. The number of sulfone groups is 1. The predicted molar refractivity (Wildman–Crippen MR) is 79.1 cm³/mol. The summed E-state index contributed by atoms with van der Waals surface area (Å²) >= 11 is 0. The van der Waals surface area contributed by atoms with Gasteiger partial charge in [0.15, 0.2) is 9.84 Å². The Balaban J connectivity index is 0.00000324. The second-order valence-corrected chi connectivity index (χ2v) is 7.54. The summed E-state index contributed by atoms with van der Waals surface area (Å²) in [4.78, 5) is 12.0. The van der Waals surface area contributed by atoms with Crippen LogP contribution < -0.4 is 11.1 Å². The molecule has 0 saturated heterocycles. The van der Waals surface area contributed by atoms with E-state index in [9.17, 15) is 13.2 Å². The van der Waals surface area contributed by atoms with Crippen molar-refractivity contribution in [2.45, 2.75) is 39.2 Å². The van der Waals surface area contributed by atoms with E-state index in [2.05, 4.69) is 5.32 Å². The van der Waals surface area contributed by atoms with Gasteiger partial charge in [-0.3, -0.25) is 4.79 Å². The highest BCUT2D eigenvalue weighted by Crippen LogP contribution is 2.30. The lowest BCUT2D eigenvalue weighted by atomic mass is 9.95. The summed E-state index contributed by atoms with van der Waals surface area (Å²) in [5.74, 6) is 0.292. The van der Waals surface area contributed by atoms with E-state index in [1.807, 2.05) is 0 Å². The zero-order valence-corrected chi connectivity index (χ0v) is 13.2. The second kappa shape index (κ2) is 8.07.